The smallest absolute Gasteiger partial charge is 0.243 e. The molecule has 20 heavy (non-hydrogen) atoms. The van der Waals surface area contributed by atoms with Crippen LogP contribution in [0.25, 0.3) is 0 Å². The van der Waals surface area contributed by atoms with Gasteiger partial charge in [0.1, 0.15) is 5.71 Å². The number of benzene rings is 1. The molecule has 2 aromatic rings. The van der Waals surface area contributed by atoms with E-state index in [1.165, 1.54) is 0 Å². The fourth-order valence-electron chi connectivity index (χ4n) is 1.92. The minimum absolute atomic E-state index is 0.00522. The lowest BCUT2D eigenvalue weighted by atomic mass is 10.1. The average molecular weight is 265 g/mol. The minimum atomic E-state index is -0.00522. The molecule has 1 aromatic heterocycles. The lowest BCUT2D eigenvalue weighted by Crippen LogP contribution is -2.22. The van der Waals surface area contributed by atoms with Gasteiger partial charge in [-0.3, -0.25) is 9.78 Å². The van der Waals surface area contributed by atoms with Gasteiger partial charge in [0, 0.05) is 17.7 Å². The molecule has 0 spiro atoms. The van der Waals surface area contributed by atoms with Gasteiger partial charge in [-0.05, 0) is 25.0 Å². The molecule has 1 aromatic carbocycles. The molecule has 1 heterocycles. The Morgan fingerprint density at radius 2 is 1.85 bits per heavy atom. The molecule has 1 aliphatic carbocycles. The van der Waals surface area contributed by atoms with E-state index in [2.05, 4.69) is 15.5 Å². The largest absolute Gasteiger partial charge is 0.273 e. The van der Waals surface area contributed by atoms with Gasteiger partial charge >= 0.3 is 0 Å². The fraction of sp³-hybridized carbons (Fsp3) is 0.188. The molecule has 1 fully saturated rings. The van der Waals surface area contributed by atoms with Crippen molar-refractivity contribution in [1.29, 1.82) is 0 Å². The summed E-state index contributed by atoms with van der Waals surface area (Å²) in [4.78, 5) is 16.0. The van der Waals surface area contributed by atoms with Crippen LogP contribution in [0.15, 0.2) is 59.8 Å². The maximum Gasteiger partial charge on any atom is 0.243 e. The molecule has 0 atom stereocenters. The molecule has 100 valence electrons. The summed E-state index contributed by atoms with van der Waals surface area (Å²) in [6.07, 6.45) is 3.65. The van der Waals surface area contributed by atoms with Crippen molar-refractivity contribution in [1.82, 2.24) is 10.4 Å². The zero-order valence-electron chi connectivity index (χ0n) is 11.0. The Balaban J connectivity index is 1.91. The Hall–Kier alpha value is -2.49. The Morgan fingerprint density at radius 1 is 1.10 bits per heavy atom. The van der Waals surface area contributed by atoms with E-state index in [1.807, 2.05) is 48.5 Å². The predicted octanol–water partition coefficient (Wildman–Crippen LogP) is 2.36. The Kier molecular flexibility index (Phi) is 3.54. The molecule has 0 bridgehead atoms. The predicted molar refractivity (Wildman–Crippen MR) is 77.2 cm³/mol. The number of hydrogen-bond acceptors (Lipinski definition) is 3. The summed E-state index contributed by atoms with van der Waals surface area (Å²) in [5, 5.41) is 4.28. The lowest BCUT2D eigenvalue weighted by molar-refractivity contribution is -0.122. The van der Waals surface area contributed by atoms with Crippen molar-refractivity contribution >= 4 is 11.6 Å². The van der Waals surface area contributed by atoms with E-state index in [0.717, 1.165) is 24.1 Å². The number of amides is 1. The van der Waals surface area contributed by atoms with Crippen LogP contribution in [0.4, 0.5) is 0 Å². The maximum absolute atomic E-state index is 11.7. The van der Waals surface area contributed by atoms with Gasteiger partial charge in [-0.2, -0.15) is 5.10 Å². The van der Waals surface area contributed by atoms with Crippen LogP contribution in [0.5, 0.6) is 0 Å². The first-order valence-corrected chi connectivity index (χ1v) is 6.69. The van der Waals surface area contributed by atoms with E-state index in [4.69, 9.17) is 0 Å². The standard InChI is InChI=1S/C16H15N3O/c20-16(13-9-10-13)19-18-15(12-6-2-1-3-7-12)14-8-4-5-11-17-14/h1-8,11,13H,9-10H2,(H,19,20)/b18-15+. The summed E-state index contributed by atoms with van der Waals surface area (Å²) < 4.78 is 0. The Bertz CT molecular complexity index is 577. The summed E-state index contributed by atoms with van der Waals surface area (Å²) in [6, 6.07) is 15.4. The molecule has 1 amide bonds. The van der Waals surface area contributed by atoms with Gasteiger partial charge in [-0.1, -0.05) is 36.4 Å². The monoisotopic (exact) mass is 265 g/mol. The topological polar surface area (TPSA) is 54.4 Å². The number of hydrogen-bond donors (Lipinski definition) is 1. The Labute approximate surface area is 117 Å². The third-order valence-corrected chi connectivity index (χ3v) is 3.18. The lowest BCUT2D eigenvalue weighted by Gasteiger charge is -2.06. The molecule has 4 nitrogen and oxygen atoms in total. The summed E-state index contributed by atoms with van der Waals surface area (Å²) in [5.74, 6) is 0.133. The summed E-state index contributed by atoms with van der Waals surface area (Å²) in [5.41, 5.74) is 5.01. The number of carbonyl (C=O) groups excluding carboxylic acids is 1. The highest BCUT2D eigenvalue weighted by molar-refractivity contribution is 6.11. The summed E-state index contributed by atoms with van der Waals surface area (Å²) >= 11 is 0. The highest BCUT2D eigenvalue weighted by Crippen LogP contribution is 2.28. The molecule has 1 aliphatic rings. The first-order valence-electron chi connectivity index (χ1n) is 6.69. The van der Waals surface area contributed by atoms with Crippen molar-refractivity contribution < 1.29 is 4.79 Å². The van der Waals surface area contributed by atoms with Crippen LogP contribution in [0.2, 0.25) is 0 Å². The van der Waals surface area contributed by atoms with Crippen LogP contribution in [0, 0.1) is 5.92 Å². The minimum Gasteiger partial charge on any atom is -0.273 e. The zero-order valence-corrected chi connectivity index (χ0v) is 11.0. The van der Waals surface area contributed by atoms with Crippen molar-refractivity contribution in [2.45, 2.75) is 12.8 Å². The molecule has 1 saturated carbocycles. The van der Waals surface area contributed by atoms with Crippen LogP contribution in [-0.4, -0.2) is 16.6 Å². The number of carbonyl (C=O) groups is 1. The molecular formula is C16H15N3O. The summed E-state index contributed by atoms with van der Waals surface area (Å²) in [6.45, 7) is 0. The van der Waals surface area contributed by atoms with Gasteiger partial charge in [-0.15, -0.1) is 0 Å². The molecule has 1 N–H and O–H groups in total. The number of rotatable bonds is 4. The van der Waals surface area contributed by atoms with Crippen molar-refractivity contribution in [3.63, 3.8) is 0 Å². The number of nitrogens with zero attached hydrogens (tertiary/aromatic N) is 2. The van der Waals surface area contributed by atoms with Gasteiger partial charge in [-0.25, -0.2) is 5.43 Å². The van der Waals surface area contributed by atoms with Gasteiger partial charge in [0.05, 0.1) is 5.69 Å². The highest BCUT2D eigenvalue weighted by atomic mass is 16.2. The van der Waals surface area contributed by atoms with Crippen molar-refractivity contribution in [2.24, 2.45) is 11.0 Å². The number of pyridine rings is 1. The summed E-state index contributed by atoms with van der Waals surface area (Å²) in [7, 11) is 0. The van der Waals surface area contributed by atoms with Crippen LogP contribution >= 0.6 is 0 Å². The van der Waals surface area contributed by atoms with Crippen LogP contribution < -0.4 is 5.43 Å². The van der Waals surface area contributed by atoms with E-state index < -0.39 is 0 Å². The second-order valence-corrected chi connectivity index (χ2v) is 4.79. The quantitative estimate of drug-likeness (QED) is 0.681. The van der Waals surface area contributed by atoms with Crippen molar-refractivity contribution in [3.8, 4) is 0 Å². The SMILES string of the molecule is O=C(N/N=C(\c1ccccc1)c1ccccn1)C1CC1. The fourth-order valence-corrected chi connectivity index (χ4v) is 1.92. The van der Waals surface area contributed by atoms with Crippen molar-refractivity contribution in [2.75, 3.05) is 0 Å². The second-order valence-electron chi connectivity index (χ2n) is 4.79. The van der Waals surface area contributed by atoms with Gasteiger partial charge < -0.3 is 0 Å². The van der Waals surface area contributed by atoms with E-state index in [-0.39, 0.29) is 11.8 Å². The van der Waals surface area contributed by atoms with E-state index in [0.29, 0.717) is 5.71 Å². The van der Waals surface area contributed by atoms with Crippen LogP contribution in [-0.2, 0) is 4.79 Å². The van der Waals surface area contributed by atoms with Crippen LogP contribution in [0.3, 0.4) is 0 Å². The van der Waals surface area contributed by atoms with Crippen LogP contribution in [0.1, 0.15) is 24.1 Å². The number of nitrogens with one attached hydrogen (secondary N) is 1. The highest BCUT2D eigenvalue weighted by Gasteiger charge is 2.29. The van der Waals surface area contributed by atoms with Gasteiger partial charge in [0.2, 0.25) is 5.91 Å². The molecular weight excluding hydrogens is 250 g/mol. The van der Waals surface area contributed by atoms with E-state index in [9.17, 15) is 4.79 Å². The Morgan fingerprint density at radius 3 is 2.50 bits per heavy atom. The normalized spacial score (nSPS) is 14.9. The third kappa shape index (κ3) is 2.91. The van der Waals surface area contributed by atoms with E-state index >= 15 is 0 Å². The number of hydrazone groups is 1. The van der Waals surface area contributed by atoms with Gasteiger partial charge in [0.25, 0.3) is 0 Å². The molecule has 3 rings (SSSR count). The first-order chi connectivity index (χ1) is 9.84. The molecule has 4 heteroatoms. The maximum atomic E-state index is 11.7. The van der Waals surface area contributed by atoms with E-state index in [1.54, 1.807) is 6.20 Å². The zero-order chi connectivity index (χ0) is 13.8. The second kappa shape index (κ2) is 5.65. The molecule has 0 radical (unpaired) electrons. The molecule has 0 saturated heterocycles. The third-order valence-electron chi connectivity index (χ3n) is 3.18. The average Bonchev–Trinajstić information content (AvgIpc) is 3.34. The van der Waals surface area contributed by atoms with Crippen molar-refractivity contribution in [3.05, 3.63) is 66.0 Å². The first kappa shape index (κ1) is 12.5. The molecule has 0 unspecified atom stereocenters. The van der Waals surface area contributed by atoms with Gasteiger partial charge in [0.15, 0.2) is 0 Å². The molecule has 0 aliphatic heterocycles. The number of aromatic nitrogens is 1.